The number of carbonyl (C=O) groups is 2. The normalized spacial score (nSPS) is 10.5. The standard InChI is InChI=1S/C22H19N3O3.CH4O3S/c1-13-5-4-8-17(19(13)22(27)28)16-6-2-3-7-18(16)21(26)25-15-11-9-14(10-12-15)20(23)24;1-5(2,3)4/h2-12H,1H3,(H3,23,24)(H,25,26)(H,27,28);1H3,(H,2,3,4). The maximum Gasteiger partial charge on any atom is 0.336 e. The maximum atomic E-state index is 12.9. The minimum atomic E-state index is -3.67. The van der Waals surface area contributed by atoms with Crippen LogP contribution in [0.1, 0.15) is 31.8 Å². The third-order valence-electron chi connectivity index (χ3n) is 4.40. The van der Waals surface area contributed by atoms with Crippen molar-refractivity contribution in [3.8, 4) is 11.1 Å². The van der Waals surface area contributed by atoms with E-state index in [2.05, 4.69) is 5.32 Å². The van der Waals surface area contributed by atoms with Crippen molar-refractivity contribution in [3.63, 3.8) is 0 Å². The number of amides is 1. The van der Waals surface area contributed by atoms with Crippen LogP contribution in [0.2, 0.25) is 0 Å². The monoisotopic (exact) mass is 469 g/mol. The molecule has 3 rings (SSSR count). The summed E-state index contributed by atoms with van der Waals surface area (Å²) < 4.78 is 25.9. The second-order valence-electron chi connectivity index (χ2n) is 7.03. The van der Waals surface area contributed by atoms with Crippen LogP contribution in [0.3, 0.4) is 0 Å². The van der Waals surface area contributed by atoms with E-state index in [1.807, 2.05) is 0 Å². The molecule has 0 aliphatic heterocycles. The Labute approximate surface area is 191 Å². The van der Waals surface area contributed by atoms with Gasteiger partial charge in [0, 0.05) is 16.8 Å². The third-order valence-corrected chi connectivity index (χ3v) is 4.40. The van der Waals surface area contributed by atoms with Gasteiger partial charge in [-0.3, -0.25) is 14.8 Å². The Morgan fingerprint density at radius 2 is 1.48 bits per heavy atom. The lowest BCUT2D eigenvalue weighted by Gasteiger charge is -2.14. The molecule has 172 valence electrons. The Morgan fingerprint density at radius 1 is 0.939 bits per heavy atom. The quantitative estimate of drug-likeness (QED) is 0.216. The lowest BCUT2D eigenvalue weighted by Crippen LogP contribution is -2.15. The minimum Gasteiger partial charge on any atom is -0.478 e. The molecule has 3 aromatic carbocycles. The third kappa shape index (κ3) is 7.27. The summed E-state index contributed by atoms with van der Waals surface area (Å²) in [6, 6.07) is 18.7. The smallest absolute Gasteiger partial charge is 0.336 e. The molecule has 0 heterocycles. The van der Waals surface area contributed by atoms with E-state index in [0.717, 1.165) is 0 Å². The van der Waals surface area contributed by atoms with Crippen molar-refractivity contribution in [2.75, 3.05) is 11.6 Å². The number of nitrogens with one attached hydrogen (secondary N) is 2. The SMILES string of the molecule is CS(=O)(=O)O.Cc1cccc(-c2ccccc2C(=O)Nc2ccc(C(=N)N)cc2)c1C(=O)O. The van der Waals surface area contributed by atoms with Crippen LogP contribution in [0.25, 0.3) is 11.1 Å². The molecule has 0 saturated carbocycles. The number of benzene rings is 3. The molecule has 0 atom stereocenters. The van der Waals surface area contributed by atoms with Crippen molar-refractivity contribution in [2.45, 2.75) is 6.92 Å². The molecule has 33 heavy (non-hydrogen) atoms. The molecule has 0 saturated heterocycles. The average molecular weight is 470 g/mol. The average Bonchev–Trinajstić information content (AvgIpc) is 2.72. The van der Waals surface area contributed by atoms with Crippen molar-refractivity contribution in [1.82, 2.24) is 0 Å². The highest BCUT2D eigenvalue weighted by atomic mass is 32.2. The number of rotatable bonds is 5. The first-order valence-electron chi connectivity index (χ1n) is 9.49. The van der Waals surface area contributed by atoms with E-state index in [4.69, 9.17) is 15.7 Å². The number of amidine groups is 1. The summed E-state index contributed by atoms with van der Waals surface area (Å²) in [6.45, 7) is 1.73. The van der Waals surface area contributed by atoms with Crippen LogP contribution in [-0.4, -0.2) is 42.0 Å². The number of hydrogen-bond acceptors (Lipinski definition) is 5. The van der Waals surface area contributed by atoms with Gasteiger partial charge in [0.2, 0.25) is 0 Å². The molecule has 9 nitrogen and oxygen atoms in total. The van der Waals surface area contributed by atoms with Gasteiger partial charge in [0.05, 0.1) is 11.8 Å². The Morgan fingerprint density at radius 3 is 2.03 bits per heavy atom. The number of aryl methyl sites for hydroxylation is 1. The van der Waals surface area contributed by atoms with Gasteiger partial charge in [0.15, 0.2) is 0 Å². The van der Waals surface area contributed by atoms with Gasteiger partial charge in [-0.1, -0.05) is 36.4 Å². The molecule has 0 bridgehead atoms. The first-order valence-corrected chi connectivity index (χ1v) is 11.3. The molecule has 3 aromatic rings. The van der Waals surface area contributed by atoms with Crippen molar-refractivity contribution >= 4 is 33.5 Å². The molecule has 0 aromatic heterocycles. The summed E-state index contributed by atoms with van der Waals surface area (Å²) in [6.07, 6.45) is 0.715. The molecular formula is C23H23N3O6S. The summed E-state index contributed by atoms with van der Waals surface area (Å²) in [5.41, 5.74) is 8.75. The second-order valence-corrected chi connectivity index (χ2v) is 8.49. The molecule has 0 fully saturated rings. The molecular weight excluding hydrogens is 446 g/mol. The Kier molecular flexibility index (Phi) is 8.05. The summed E-state index contributed by atoms with van der Waals surface area (Å²) in [5.74, 6) is -1.45. The minimum absolute atomic E-state index is 0.0520. The molecule has 1 amide bonds. The number of aromatic carboxylic acids is 1. The van der Waals surface area contributed by atoms with Gasteiger partial charge in [-0.25, -0.2) is 4.79 Å². The lowest BCUT2D eigenvalue weighted by atomic mass is 9.92. The van der Waals surface area contributed by atoms with Crippen molar-refractivity contribution in [3.05, 3.63) is 89.0 Å². The number of hydrogen-bond donors (Lipinski definition) is 5. The number of nitrogens with two attached hydrogens (primary N) is 1. The van der Waals surface area contributed by atoms with Crippen LogP contribution in [0.5, 0.6) is 0 Å². The van der Waals surface area contributed by atoms with Gasteiger partial charge in [0.1, 0.15) is 5.84 Å². The zero-order chi connectivity index (χ0) is 24.8. The Hall–Kier alpha value is -4.02. The number of nitrogen functional groups attached to an aromatic ring is 1. The predicted molar refractivity (Wildman–Crippen MR) is 126 cm³/mol. The van der Waals surface area contributed by atoms with E-state index in [1.54, 1.807) is 73.7 Å². The first kappa shape index (κ1) is 25.2. The summed E-state index contributed by atoms with van der Waals surface area (Å²) in [4.78, 5) is 24.6. The van der Waals surface area contributed by atoms with E-state index in [1.165, 1.54) is 0 Å². The summed E-state index contributed by atoms with van der Waals surface area (Å²) in [7, 11) is -3.67. The van der Waals surface area contributed by atoms with Gasteiger partial charge < -0.3 is 16.2 Å². The van der Waals surface area contributed by atoms with E-state index in [-0.39, 0.29) is 17.3 Å². The molecule has 10 heteroatoms. The topological polar surface area (TPSA) is 171 Å². The lowest BCUT2D eigenvalue weighted by molar-refractivity contribution is 0.0696. The zero-order valence-electron chi connectivity index (χ0n) is 17.9. The van der Waals surface area contributed by atoms with Crippen LogP contribution in [0.4, 0.5) is 5.69 Å². The van der Waals surface area contributed by atoms with Gasteiger partial charge in [-0.15, -0.1) is 0 Å². The Bertz CT molecular complexity index is 1290. The predicted octanol–water partition coefficient (Wildman–Crippen LogP) is 3.40. The van der Waals surface area contributed by atoms with Gasteiger partial charge in [-0.2, -0.15) is 8.42 Å². The fourth-order valence-electron chi connectivity index (χ4n) is 3.02. The zero-order valence-corrected chi connectivity index (χ0v) is 18.7. The van der Waals surface area contributed by atoms with E-state index >= 15 is 0 Å². The fraction of sp³-hybridized carbons (Fsp3) is 0.0870. The first-order chi connectivity index (χ1) is 15.4. The highest BCUT2D eigenvalue weighted by molar-refractivity contribution is 7.85. The maximum absolute atomic E-state index is 12.9. The van der Waals surface area contributed by atoms with Crippen LogP contribution in [0.15, 0.2) is 66.7 Å². The number of carbonyl (C=O) groups excluding carboxylic acids is 1. The van der Waals surface area contributed by atoms with Gasteiger partial charge >= 0.3 is 5.97 Å². The molecule has 0 aliphatic carbocycles. The molecule has 0 radical (unpaired) electrons. The number of carboxylic acids is 1. The molecule has 0 unspecified atom stereocenters. The fourth-order valence-corrected chi connectivity index (χ4v) is 3.02. The van der Waals surface area contributed by atoms with Crippen molar-refractivity contribution < 1.29 is 27.7 Å². The number of carboxylic acid groups (broad SMARTS) is 1. The second kappa shape index (κ2) is 10.5. The van der Waals surface area contributed by atoms with Crippen LogP contribution >= 0.6 is 0 Å². The van der Waals surface area contributed by atoms with Crippen LogP contribution in [-0.2, 0) is 10.1 Å². The molecule has 0 aliphatic rings. The van der Waals surface area contributed by atoms with Crippen molar-refractivity contribution in [1.29, 1.82) is 5.41 Å². The largest absolute Gasteiger partial charge is 0.478 e. The van der Waals surface area contributed by atoms with Crippen molar-refractivity contribution in [2.24, 2.45) is 5.73 Å². The number of anilines is 1. The summed E-state index contributed by atoms with van der Waals surface area (Å²) >= 11 is 0. The van der Waals surface area contributed by atoms with E-state index in [9.17, 15) is 23.1 Å². The van der Waals surface area contributed by atoms with Gasteiger partial charge in [0.25, 0.3) is 16.0 Å². The molecule has 0 spiro atoms. The van der Waals surface area contributed by atoms with E-state index in [0.29, 0.717) is 39.8 Å². The molecule has 6 N–H and O–H groups in total. The highest BCUT2D eigenvalue weighted by Gasteiger charge is 2.19. The van der Waals surface area contributed by atoms with Gasteiger partial charge in [-0.05, 0) is 53.9 Å². The summed E-state index contributed by atoms with van der Waals surface area (Å²) in [5, 5.41) is 19.8. The van der Waals surface area contributed by atoms with Crippen LogP contribution < -0.4 is 11.1 Å². The highest BCUT2D eigenvalue weighted by Crippen LogP contribution is 2.29. The van der Waals surface area contributed by atoms with Crippen LogP contribution in [0, 0.1) is 12.3 Å². The van der Waals surface area contributed by atoms with E-state index < -0.39 is 16.1 Å². The Balaban J connectivity index is 0.000000696.